The second-order valence-electron chi connectivity index (χ2n) is 8.55. The Morgan fingerprint density at radius 1 is 0.588 bits per heavy atom. The number of aromatic nitrogens is 1. The van der Waals surface area contributed by atoms with Gasteiger partial charge in [0.15, 0.2) is 5.43 Å². The topological polar surface area (TPSA) is 45.2 Å². The Balaban J connectivity index is 1.78. The predicted molar refractivity (Wildman–Crippen MR) is 141 cm³/mol. The number of pyridine rings is 1. The molecule has 6 rings (SSSR count). The van der Waals surface area contributed by atoms with Crippen molar-refractivity contribution in [1.82, 2.24) is 4.98 Å². The third kappa shape index (κ3) is 3.39. The molecule has 0 aliphatic rings. The smallest absolute Gasteiger partial charge is 0.188 e. The normalized spacial score (nSPS) is 12.0. The molecule has 0 saturated carbocycles. The molecule has 5 aromatic carbocycles. The molecule has 0 spiro atoms. The fourth-order valence-corrected chi connectivity index (χ4v) is 4.64. The van der Waals surface area contributed by atoms with Crippen molar-refractivity contribution in [3.63, 3.8) is 0 Å². The molecule has 0 unspecified atom stereocenters. The van der Waals surface area contributed by atoms with Crippen LogP contribution in [-0.2, 0) is 0 Å². The predicted octanol–water partition coefficient (Wildman–Crippen LogP) is 6.99. The fourth-order valence-electron chi connectivity index (χ4n) is 4.64. The van der Waals surface area contributed by atoms with Crippen LogP contribution in [0.5, 0.6) is 0 Å². The highest BCUT2D eigenvalue weighted by molar-refractivity contribution is 6.17. The van der Waals surface area contributed by atoms with Crippen LogP contribution in [0, 0.1) is 6.92 Å². The molecule has 6 aromatic rings. The van der Waals surface area contributed by atoms with E-state index in [1.807, 2.05) is 72.8 Å². The Bertz CT molecular complexity index is 1690. The molecule has 0 atom stereocenters. The first kappa shape index (κ1) is 20.1. The van der Waals surface area contributed by atoms with Crippen molar-refractivity contribution in [3.05, 3.63) is 130 Å². The summed E-state index contributed by atoms with van der Waals surface area (Å²) < 4.78 is 0. The summed E-state index contributed by atoms with van der Waals surface area (Å²) in [5.74, 6) is 0. The van der Waals surface area contributed by atoms with E-state index in [1.165, 1.54) is 5.56 Å². The molecule has 0 fully saturated rings. The van der Waals surface area contributed by atoms with Gasteiger partial charge in [0.25, 0.3) is 0 Å². The zero-order valence-electron chi connectivity index (χ0n) is 18.7. The van der Waals surface area contributed by atoms with Crippen LogP contribution in [0.3, 0.4) is 0 Å². The zero-order valence-corrected chi connectivity index (χ0v) is 18.7. The van der Waals surface area contributed by atoms with Crippen LogP contribution < -0.4 is 10.8 Å². The van der Waals surface area contributed by atoms with Crippen molar-refractivity contribution in [1.29, 1.82) is 0 Å². The van der Waals surface area contributed by atoms with Gasteiger partial charge in [0.05, 0.1) is 27.8 Å². The van der Waals surface area contributed by atoms with Gasteiger partial charge in [-0.1, -0.05) is 84.4 Å². The molecule has 34 heavy (non-hydrogen) atoms. The van der Waals surface area contributed by atoms with Gasteiger partial charge in [-0.15, -0.1) is 0 Å². The van der Waals surface area contributed by atoms with E-state index in [-0.39, 0.29) is 5.43 Å². The highest BCUT2D eigenvalue weighted by atomic mass is 16.1. The van der Waals surface area contributed by atoms with Crippen LogP contribution >= 0.6 is 0 Å². The largest absolute Gasteiger partial charge is 0.354 e. The van der Waals surface area contributed by atoms with Gasteiger partial charge in [-0.05, 0) is 48.4 Å². The summed E-state index contributed by atoms with van der Waals surface area (Å²) in [6, 6.07) is 36.2. The first-order chi connectivity index (χ1) is 16.7. The SMILES string of the molecule is Cc1ccc(N=c2ccc3c(-c4ccccc4)[nH]c(-c4ccccc4)c4ccc(=O)c2c43)cc1. The van der Waals surface area contributed by atoms with Gasteiger partial charge >= 0.3 is 0 Å². The van der Waals surface area contributed by atoms with Crippen molar-refractivity contribution >= 4 is 27.2 Å². The maximum Gasteiger partial charge on any atom is 0.188 e. The molecule has 3 heteroatoms. The number of hydrogen-bond acceptors (Lipinski definition) is 2. The molecule has 1 heterocycles. The molecule has 0 aliphatic heterocycles. The van der Waals surface area contributed by atoms with Crippen molar-refractivity contribution in [2.24, 2.45) is 4.99 Å². The standard InChI is InChI=1S/C31H22N2O/c1-20-12-14-23(15-13-20)32-26-18-16-24-28-25(17-19-27(34)29(26)28)31(22-10-6-3-7-11-22)33-30(24)21-8-4-2-5-9-21/h2-19,33H,1H3. The van der Waals surface area contributed by atoms with Gasteiger partial charge < -0.3 is 4.98 Å². The third-order valence-electron chi connectivity index (χ3n) is 6.30. The Labute approximate surface area is 197 Å². The van der Waals surface area contributed by atoms with Crippen molar-refractivity contribution in [2.75, 3.05) is 0 Å². The quantitative estimate of drug-likeness (QED) is 0.318. The highest BCUT2D eigenvalue weighted by Crippen LogP contribution is 2.36. The number of nitrogens with one attached hydrogen (secondary N) is 1. The lowest BCUT2D eigenvalue weighted by atomic mass is 9.93. The summed E-state index contributed by atoms with van der Waals surface area (Å²) in [6.45, 7) is 2.05. The number of hydrogen-bond donors (Lipinski definition) is 1. The summed E-state index contributed by atoms with van der Waals surface area (Å²) in [5.41, 5.74) is 6.11. The van der Waals surface area contributed by atoms with E-state index < -0.39 is 0 Å². The van der Waals surface area contributed by atoms with Gasteiger partial charge in [-0.2, -0.15) is 0 Å². The minimum absolute atomic E-state index is 0.0202. The van der Waals surface area contributed by atoms with Crippen molar-refractivity contribution < 1.29 is 0 Å². The first-order valence-electron chi connectivity index (χ1n) is 11.4. The molecule has 0 saturated heterocycles. The Morgan fingerprint density at radius 2 is 1.15 bits per heavy atom. The molecule has 0 amide bonds. The van der Waals surface area contributed by atoms with E-state index in [1.54, 1.807) is 6.07 Å². The van der Waals surface area contributed by atoms with Crippen LogP contribution in [0.2, 0.25) is 0 Å². The highest BCUT2D eigenvalue weighted by Gasteiger charge is 2.17. The third-order valence-corrected chi connectivity index (χ3v) is 6.30. The second-order valence-corrected chi connectivity index (χ2v) is 8.55. The van der Waals surface area contributed by atoms with E-state index >= 15 is 0 Å². The van der Waals surface area contributed by atoms with Gasteiger partial charge in [-0.25, -0.2) is 4.99 Å². The number of aryl methyl sites for hydroxylation is 1. The fraction of sp³-hybridized carbons (Fsp3) is 0.0323. The molecule has 3 nitrogen and oxygen atoms in total. The van der Waals surface area contributed by atoms with Crippen molar-refractivity contribution in [2.45, 2.75) is 6.92 Å². The lowest BCUT2D eigenvalue weighted by Gasteiger charge is -2.16. The van der Waals surface area contributed by atoms with Gasteiger partial charge in [0.1, 0.15) is 0 Å². The molecular weight excluding hydrogens is 416 g/mol. The summed E-state index contributed by atoms with van der Waals surface area (Å²) in [6.07, 6.45) is 0. The number of H-pyrrole nitrogens is 1. The van der Waals surface area contributed by atoms with Gasteiger partial charge in [-0.3, -0.25) is 4.79 Å². The molecule has 162 valence electrons. The molecule has 0 bridgehead atoms. The molecular formula is C31H22N2O. The van der Waals surface area contributed by atoms with E-state index in [0.29, 0.717) is 10.7 Å². The van der Waals surface area contributed by atoms with Crippen LogP contribution in [0.15, 0.2) is 119 Å². The summed E-state index contributed by atoms with van der Waals surface area (Å²) >= 11 is 0. The van der Waals surface area contributed by atoms with Crippen LogP contribution in [0.4, 0.5) is 5.69 Å². The zero-order chi connectivity index (χ0) is 23.1. The van der Waals surface area contributed by atoms with E-state index in [4.69, 9.17) is 4.99 Å². The van der Waals surface area contributed by atoms with Crippen LogP contribution in [0.25, 0.3) is 44.1 Å². The lowest BCUT2D eigenvalue weighted by Crippen LogP contribution is -2.14. The average Bonchev–Trinajstić information content (AvgIpc) is 2.89. The van der Waals surface area contributed by atoms with E-state index in [0.717, 1.165) is 44.4 Å². The Kier molecular flexibility index (Phi) is 4.81. The number of nitrogens with zero attached hydrogens (tertiary/aromatic N) is 1. The van der Waals surface area contributed by atoms with E-state index in [2.05, 4.69) is 42.2 Å². The maximum atomic E-state index is 13.3. The van der Waals surface area contributed by atoms with Crippen LogP contribution in [-0.4, -0.2) is 4.98 Å². The second kappa shape index (κ2) is 8.13. The lowest BCUT2D eigenvalue weighted by molar-refractivity contribution is 1.34. The Hall–Kier alpha value is -4.50. The number of benzene rings is 5. The molecule has 0 radical (unpaired) electrons. The van der Waals surface area contributed by atoms with E-state index in [9.17, 15) is 4.79 Å². The van der Waals surface area contributed by atoms with Crippen LogP contribution in [0.1, 0.15) is 5.56 Å². The minimum atomic E-state index is -0.0202. The number of aromatic amines is 1. The maximum absolute atomic E-state index is 13.3. The summed E-state index contributed by atoms with van der Waals surface area (Å²) in [5, 5.41) is 4.31. The monoisotopic (exact) mass is 438 g/mol. The molecule has 0 aliphatic carbocycles. The summed E-state index contributed by atoms with van der Waals surface area (Å²) in [7, 11) is 0. The molecule has 1 N–H and O–H groups in total. The number of rotatable bonds is 3. The summed E-state index contributed by atoms with van der Waals surface area (Å²) in [4.78, 5) is 21.8. The van der Waals surface area contributed by atoms with Gasteiger partial charge in [0.2, 0.25) is 0 Å². The average molecular weight is 439 g/mol. The van der Waals surface area contributed by atoms with Crippen molar-refractivity contribution in [3.8, 4) is 22.5 Å². The van der Waals surface area contributed by atoms with Gasteiger partial charge in [0, 0.05) is 16.2 Å². The Morgan fingerprint density at radius 3 is 1.74 bits per heavy atom. The molecule has 1 aromatic heterocycles. The first-order valence-corrected chi connectivity index (χ1v) is 11.4. The minimum Gasteiger partial charge on any atom is -0.354 e.